The van der Waals surface area contributed by atoms with Crippen molar-refractivity contribution in [1.82, 2.24) is 9.88 Å². The average molecular weight is 365 g/mol. The molecule has 0 bridgehead atoms. The molecule has 0 unspecified atom stereocenters. The molecule has 26 heavy (non-hydrogen) atoms. The monoisotopic (exact) mass is 364 g/mol. The highest BCUT2D eigenvalue weighted by atomic mass is 35.5. The first-order valence-corrected chi connectivity index (χ1v) is 9.36. The number of nitrogens with zero attached hydrogens (tertiary/aromatic N) is 1. The maximum atomic E-state index is 12.5. The van der Waals surface area contributed by atoms with Crippen molar-refractivity contribution in [3.63, 3.8) is 0 Å². The molecule has 1 aliphatic rings. The molecule has 0 aliphatic carbocycles. The lowest BCUT2D eigenvalue weighted by atomic mass is 9.98. The standard InChI is InChI=1S/C22H21ClN2O/c23-18-7-8-19-20(15-24-21(19)14-18)17-10-12-25(13-11-17)22(26)9-6-16-4-2-1-3-5-16/h1-5,7-8,10,14-15,24H,6,9,11-13H2. The number of benzene rings is 2. The van der Waals surface area contributed by atoms with Crippen LogP contribution in [0.2, 0.25) is 5.02 Å². The first-order valence-electron chi connectivity index (χ1n) is 8.98. The molecule has 0 fully saturated rings. The summed E-state index contributed by atoms with van der Waals surface area (Å²) in [6, 6.07) is 16.1. The van der Waals surface area contributed by atoms with Gasteiger partial charge in [0, 0.05) is 47.2 Å². The Hall–Kier alpha value is -2.52. The van der Waals surface area contributed by atoms with E-state index in [0.29, 0.717) is 13.0 Å². The quantitative estimate of drug-likeness (QED) is 0.689. The number of hydrogen-bond donors (Lipinski definition) is 1. The SMILES string of the molecule is O=C(CCc1ccccc1)N1CC=C(c2c[nH]c3cc(Cl)ccc23)CC1. The zero-order valence-electron chi connectivity index (χ0n) is 14.5. The van der Waals surface area contributed by atoms with Crippen LogP contribution in [0.4, 0.5) is 0 Å². The number of carbonyl (C=O) groups is 1. The number of aromatic nitrogens is 1. The second-order valence-corrected chi connectivity index (χ2v) is 7.13. The van der Waals surface area contributed by atoms with Crippen LogP contribution in [-0.4, -0.2) is 28.9 Å². The molecule has 4 rings (SSSR count). The van der Waals surface area contributed by atoms with E-state index in [-0.39, 0.29) is 5.91 Å². The third kappa shape index (κ3) is 3.54. The Morgan fingerprint density at radius 3 is 2.77 bits per heavy atom. The minimum Gasteiger partial charge on any atom is -0.361 e. The average Bonchev–Trinajstić information content (AvgIpc) is 3.10. The fourth-order valence-electron chi connectivity index (χ4n) is 3.56. The zero-order valence-corrected chi connectivity index (χ0v) is 15.3. The van der Waals surface area contributed by atoms with E-state index >= 15 is 0 Å². The van der Waals surface area contributed by atoms with Crippen LogP contribution in [0, 0.1) is 0 Å². The number of fused-ring (bicyclic) bond motifs is 1. The molecule has 132 valence electrons. The molecular weight excluding hydrogens is 344 g/mol. The van der Waals surface area contributed by atoms with E-state index in [1.54, 1.807) is 0 Å². The minimum atomic E-state index is 0.231. The fourth-order valence-corrected chi connectivity index (χ4v) is 3.73. The summed E-state index contributed by atoms with van der Waals surface area (Å²) in [4.78, 5) is 17.7. The molecule has 3 aromatic rings. The van der Waals surface area contributed by atoms with E-state index in [4.69, 9.17) is 11.6 Å². The number of aryl methyl sites for hydroxylation is 1. The van der Waals surface area contributed by atoms with Gasteiger partial charge in [-0.25, -0.2) is 0 Å². The van der Waals surface area contributed by atoms with E-state index < -0.39 is 0 Å². The Bertz CT molecular complexity index is 959. The van der Waals surface area contributed by atoms with Crippen molar-refractivity contribution in [2.45, 2.75) is 19.3 Å². The number of rotatable bonds is 4. The summed E-state index contributed by atoms with van der Waals surface area (Å²) < 4.78 is 0. The Labute approximate surface area is 158 Å². The van der Waals surface area contributed by atoms with Gasteiger partial charge in [0.1, 0.15) is 0 Å². The smallest absolute Gasteiger partial charge is 0.223 e. The Balaban J connectivity index is 1.42. The fraction of sp³-hybridized carbons (Fsp3) is 0.227. The van der Waals surface area contributed by atoms with Crippen LogP contribution < -0.4 is 0 Å². The minimum absolute atomic E-state index is 0.231. The largest absolute Gasteiger partial charge is 0.361 e. The van der Waals surface area contributed by atoms with Crippen LogP contribution in [0.1, 0.15) is 24.0 Å². The summed E-state index contributed by atoms with van der Waals surface area (Å²) in [5, 5.41) is 1.92. The molecule has 4 heteroatoms. The molecule has 3 nitrogen and oxygen atoms in total. The van der Waals surface area contributed by atoms with Crippen LogP contribution in [0.15, 0.2) is 60.8 Å². The van der Waals surface area contributed by atoms with E-state index in [1.807, 2.05) is 41.4 Å². The number of amides is 1. The van der Waals surface area contributed by atoms with E-state index in [0.717, 1.165) is 29.9 Å². The van der Waals surface area contributed by atoms with Crippen LogP contribution in [0.3, 0.4) is 0 Å². The lowest BCUT2D eigenvalue weighted by Gasteiger charge is -2.26. The van der Waals surface area contributed by atoms with Gasteiger partial charge >= 0.3 is 0 Å². The Morgan fingerprint density at radius 1 is 1.15 bits per heavy atom. The number of hydrogen-bond acceptors (Lipinski definition) is 1. The number of nitrogens with one attached hydrogen (secondary N) is 1. The van der Waals surface area contributed by atoms with E-state index in [1.165, 1.54) is 22.1 Å². The first-order chi connectivity index (χ1) is 12.7. The van der Waals surface area contributed by atoms with Crippen molar-refractivity contribution < 1.29 is 4.79 Å². The van der Waals surface area contributed by atoms with Gasteiger partial charge in [-0.05, 0) is 36.1 Å². The van der Waals surface area contributed by atoms with Crippen LogP contribution in [0.25, 0.3) is 16.5 Å². The van der Waals surface area contributed by atoms with Gasteiger partial charge < -0.3 is 9.88 Å². The summed E-state index contributed by atoms with van der Waals surface area (Å²) in [5.74, 6) is 0.231. The molecule has 1 N–H and O–H groups in total. The van der Waals surface area contributed by atoms with Gasteiger partial charge in [0.05, 0.1) is 0 Å². The third-order valence-electron chi connectivity index (χ3n) is 5.02. The first kappa shape index (κ1) is 16.9. The normalized spacial score (nSPS) is 14.5. The molecule has 2 heterocycles. The molecule has 1 amide bonds. The summed E-state index contributed by atoms with van der Waals surface area (Å²) in [5.41, 5.74) is 4.78. The summed E-state index contributed by atoms with van der Waals surface area (Å²) in [7, 11) is 0. The van der Waals surface area contributed by atoms with Crippen molar-refractivity contribution in [3.8, 4) is 0 Å². The maximum Gasteiger partial charge on any atom is 0.223 e. The predicted octanol–water partition coefficient (Wildman–Crippen LogP) is 5.07. The highest BCUT2D eigenvalue weighted by Crippen LogP contribution is 2.30. The number of carbonyl (C=O) groups excluding carboxylic acids is 1. The van der Waals surface area contributed by atoms with Gasteiger partial charge in [0.2, 0.25) is 5.91 Å². The Kier molecular flexibility index (Phi) is 4.81. The van der Waals surface area contributed by atoms with Crippen molar-refractivity contribution in [2.75, 3.05) is 13.1 Å². The lowest BCUT2D eigenvalue weighted by Crippen LogP contribution is -2.34. The van der Waals surface area contributed by atoms with Gasteiger partial charge in [-0.1, -0.05) is 54.1 Å². The second kappa shape index (κ2) is 7.38. The van der Waals surface area contributed by atoms with Crippen LogP contribution in [-0.2, 0) is 11.2 Å². The third-order valence-corrected chi connectivity index (χ3v) is 5.26. The Morgan fingerprint density at radius 2 is 2.00 bits per heavy atom. The molecule has 1 aromatic heterocycles. The number of H-pyrrole nitrogens is 1. The lowest BCUT2D eigenvalue weighted by molar-refractivity contribution is -0.130. The van der Waals surface area contributed by atoms with Gasteiger partial charge in [0.15, 0.2) is 0 Å². The molecule has 2 aromatic carbocycles. The topological polar surface area (TPSA) is 36.1 Å². The number of halogens is 1. The molecular formula is C22H21ClN2O. The van der Waals surface area contributed by atoms with E-state index in [9.17, 15) is 4.79 Å². The summed E-state index contributed by atoms with van der Waals surface area (Å²) in [6.45, 7) is 1.46. The highest BCUT2D eigenvalue weighted by molar-refractivity contribution is 6.31. The summed E-state index contributed by atoms with van der Waals surface area (Å²) in [6.07, 6.45) is 6.47. The van der Waals surface area contributed by atoms with Gasteiger partial charge in [0.25, 0.3) is 0 Å². The second-order valence-electron chi connectivity index (χ2n) is 6.70. The molecule has 0 radical (unpaired) electrons. The van der Waals surface area contributed by atoms with Gasteiger partial charge in [-0.15, -0.1) is 0 Å². The molecule has 0 spiro atoms. The van der Waals surface area contributed by atoms with Crippen LogP contribution in [0.5, 0.6) is 0 Å². The van der Waals surface area contributed by atoms with Gasteiger partial charge in [-0.2, -0.15) is 0 Å². The molecule has 0 atom stereocenters. The number of aromatic amines is 1. The van der Waals surface area contributed by atoms with Crippen LogP contribution >= 0.6 is 11.6 Å². The predicted molar refractivity (Wildman–Crippen MR) is 107 cm³/mol. The highest BCUT2D eigenvalue weighted by Gasteiger charge is 2.19. The molecule has 0 saturated carbocycles. The van der Waals surface area contributed by atoms with E-state index in [2.05, 4.69) is 29.3 Å². The molecule has 1 aliphatic heterocycles. The molecule has 0 saturated heterocycles. The maximum absolute atomic E-state index is 12.5. The van der Waals surface area contributed by atoms with Crippen molar-refractivity contribution in [2.24, 2.45) is 0 Å². The summed E-state index contributed by atoms with van der Waals surface area (Å²) >= 11 is 6.06. The zero-order chi connectivity index (χ0) is 17.9. The van der Waals surface area contributed by atoms with Crippen molar-refractivity contribution in [3.05, 3.63) is 77.0 Å². The van der Waals surface area contributed by atoms with Crippen molar-refractivity contribution >= 4 is 34.0 Å². The van der Waals surface area contributed by atoms with Crippen molar-refractivity contribution in [1.29, 1.82) is 0 Å². The van der Waals surface area contributed by atoms with Gasteiger partial charge in [-0.3, -0.25) is 4.79 Å².